The Labute approximate surface area is 106 Å². The Balaban J connectivity index is 2.70. The maximum atomic E-state index is 11.8. The van der Waals surface area contributed by atoms with Gasteiger partial charge in [-0.25, -0.2) is 0 Å². The van der Waals surface area contributed by atoms with E-state index in [2.05, 4.69) is 5.32 Å². The summed E-state index contributed by atoms with van der Waals surface area (Å²) in [6.45, 7) is 3.46. The standard InChI is InChI=1S/C13H17NO4/c1-8-6-10(18-3)4-5-11(8)12(15)14-7-9(2)13(16)17/h4-6,9H,7H2,1-3H3,(H,14,15)(H,16,17). The van der Waals surface area contributed by atoms with E-state index in [1.165, 1.54) is 0 Å². The van der Waals surface area contributed by atoms with Gasteiger partial charge in [-0.05, 0) is 30.7 Å². The monoisotopic (exact) mass is 251 g/mol. The molecule has 1 atom stereocenters. The maximum Gasteiger partial charge on any atom is 0.308 e. The zero-order chi connectivity index (χ0) is 13.7. The average molecular weight is 251 g/mol. The number of carboxylic acid groups (broad SMARTS) is 1. The van der Waals surface area contributed by atoms with Crippen molar-refractivity contribution in [3.63, 3.8) is 0 Å². The molecule has 0 aliphatic heterocycles. The van der Waals surface area contributed by atoms with Crippen LogP contribution >= 0.6 is 0 Å². The molecule has 1 aromatic carbocycles. The normalized spacial score (nSPS) is 11.7. The predicted molar refractivity (Wildman–Crippen MR) is 66.9 cm³/mol. The molecule has 5 nitrogen and oxygen atoms in total. The molecule has 0 spiro atoms. The highest BCUT2D eigenvalue weighted by atomic mass is 16.5. The van der Waals surface area contributed by atoms with Gasteiger partial charge in [0.25, 0.3) is 5.91 Å². The second-order valence-electron chi connectivity index (χ2n) is 4.13. The molecule has 98 valence electrons. The molecule has 0 fully saturated rings. The largest absolute Gasteiger partial charge is 0.497 e. The van der Waals surface area contributed by atoms with Crippen molar-refractivity contribution in [2.45, 2.75) is 13.8 Å². The van der Waals surface area contributed by atoms with Gasteiger partial charge in [-0.15, -0.1) is 0 Å². The van der Waals surface area contributed by atoms with E-state index >= 15 is 0 Å². The van der Waals surface area contributed by atoms with Crippen molar-refractivity contribution in [1.29, 1.82) is 0 Å². The number of methoxy groups -OCH3 is 1. The Morgan fingerprint density at radius 2 is 2.11 bits per heavy atom. The minimum absolute atomic E-state index is 0.111. The molecule has 1 amide bonds. The summed E-state index contributed by atoms with van der Waals surface area (Å²) in [5, 5.41) is 11.3. The van der Waals surface area contributed by atoms with Gasteiger partial charge in [0.05, 0.1) is 13.0 Å². The van der Waals surface area contributed by atoms with E-state index in [9.17, 15) is 9.59 Å². The first-order chi connectivity index (χ1) is 8.45. The fraction of sp³-hybridized carbons (Fsp3) is 0.385. The number of carbonyl (C=O) groups excluding carboxylic acids is 1. The molecule has 0 aliphatic rings. The summed E-state index contributed by atoms with van der Waals surface area (Å²) in [7, 11) is 1.56. The van der Waals surface area contributed by atoms with Crippen LogP contribution in [0.2, 0.25) is 0 Å². The lowest BCUT2D eigenvalue weighted by molar-refractivity contribution is -0.140. The summed E-state index contributed by atoms with van der Waals surface area (Å²) in [6.07, 6.45) is 0. The summed E-state index contributed by atoms with van der Waals surface area (Å²) in [4.78, 5) is 22.5. The summed E-state index contributed by atoms with van der Waals surface area (Å²) in [5.41, 5.74) is 1.31. The Bertz CT molecular complexity index is 456. The molecule has 0 aliphatic carbocycles. The van der Waals surface area contributed by atoms with E-state index in [1.807, 2.05) is 0 Å². The highest BCUT2D eigenvalue weighted by Crippen LogP contribution is 2.16. The highest BCUT2D eigenvalue weighted by Gasteiger charge is 2.14. The van der Waals surface area contributed by atoms with Crippen molar-refractivity contribution in [2.24, 2.45) is 5.92 Å². The minimum Gasteiger partial charge on any atom is -0.497 e. The zero-order valence-corrected chi connectivity index (χ0v) is 10.7. The Morgan fingerprint density at radius 3 is 2.61 bits per heavy atom. The molecule has 0 heterocycles. The SMILES string of the molecule is COc1ccc(C(=O)NCC(C)C(=O)O)c(C)c1. The van der Waals surface area contributed by atoms with Crippen molar-refractivity contribution >= 4 is 11.9 Å². The van der Waals surface area contributed by atoms with Crippen molar-refractivity contribution in [1.82, 2.24) is 5.32 Å². The molecule has 0 radical (unpaired) electrons. The molecule has 0 aromatic heterocycles. The van der Waals surface area contributed by atoms with Crippen LogP contribution in [0.5, 0.6) is 5.75 Å². The van der Waals surface area contributed by atoms with E-state index in [1.54, 1.807) is 39.2 Å². The fourth-order valence-corrected chi connectivity index (χ4v) is 1.45. The smallest absolute Gasteiger partial charge is 0.308 e. The summed E-state index contributed by atoms with van der Waals surface area (Å²) in [5.74, 6) is -1.12. The van der Waals surface area contributed by atoms with Crippen LogP contribution in [0.15, 0.2) is 18.2 Å². The van der Waals surface area contributed by atoms with Gasteiger partial charge in [-0.1, -0.05) is 6.92 Å². The van der Waals surface area contributed by atoms with Gasteiger partial charge in [0.15, 0.2) is 0 Å². The van der Waals surface area contributed by atoms with Gasteiger partial charge in [0, 0.05) is 12.1 Å². The third-order valence-electron chi connectivity index (χ3n) is 2.67. The molecule has 0 saturated carbocycles. The van der Waals surface area contributed by atoms with Gasteiger partial charge in [-0.2, -0.15) is 0 Å². The van der Waals surface area contributed by atoms with Gasteiger partial charge in [0.1, 0.15) is 5.75 Å². The minimum atomic E-state index is -0.929. The number of benzene rings is 1. The van der Waals surface area contributed by atoms with Crippen LogP contribution in [0, 0.1) is 12.8 Å². The van der Waals surface area contributed by atoms with Gasteiger partial charge < -0.3 is 15.2 Å². The van der Waals surface area contributed by atoms with Crippen molar-refractivity contribution in [3.8, 4) is 5.75 Å². The molecule has 0 saturated heterocycles. The molecule has 1 aromatic rings. The number of rotatable bonds is 5. The predicted octanol–water partition coefficient (Wildman–Crippen LogP) is 1.45. The van der Waals surface area contributed by atoms with Gasteiger partial charge >= 0.3 is 5.97 Å². The lowest BCUT2D eigenvalue weighted by atomic mass is 10.1. The molecule has 1 unspecified atom stereocenters. The number of hydrogen-bond donors (Lipinski definition) is 2. The quantitative estimate of drug-likeness (QED) is 0.830. The maximum absolute atomic E-state index is 11.8. The Kier molecular flexibility index (Phi) is 4.71. The third kappa shape index (κ3) is 3.48. The summed E-state index contributed by atoms with van der Waals surface area (Å²) < 4.78 is 5.05. The molecular formula is C13H17NO4. The van der Waals surface area contributed by atoms with Crippen molar-refractivity contribution < 1.29 is 19.4 Å². The lowest BCUT2D eigenvalue weighted by Crippen LogP contribution is -2.31. The van der Waals surface area contributed by atoms with Gasteiger partial charge in [0.2, 0.25) is 0 Å². The average Bonchev–Trinajstić information content (AvgIpc) is 2.34. The third-order valence-corrected chi connectivity index (χ3v) is 2.67. The molecule has 1 rings (SSSR count). The van der Waals surface area contributed by atoms with E-state index in [0.717, 1.165) is 5.56 Å². The van der Waals surface area contributed by atoms with E-state index in [0.29, 0.717) is 11.3 Å². The number of amides is 1. The van der Waals surface area contributed by atoms with Crippen LogP contribution in [-0.2, 0) is 4.79 Å². The van der Waals surface area contributed by atoms with Crippen LogP contribution in [0.3, 0.4) is 0 Å². The Hall–Kier alpha value is -2.04. The zero-order valence-electron chi connectivity index (χ0n) is 10.7. The summed E-state index contributed by atoms with van der Waals surface area (Å²) >= 11 is 0. The second-order valence-corrected chi connectivity index (χ2v) is 4.13. The Morgan fingerprint density at radius 1 is 1.44 bits per heavy atom. The van der Waals surface area contributed by atoms with Gasteiger partial charge in [-0.3, -0.25) is 9.59 Å². The molecule has 18 heavy (non-hydrogen) atoms. The van der Waals surface area contributed by atoms with Crippen LogP contribution < -0.4 is 10.1 Å². The van der Waals surface area contributed by atoms with E-state index in [-0.39, 0.29) is 12.5 Å². The number of hydrogen-bond acceptors (Lipinski definition) is 3. The number of carbonyl (C=O) groups is 2. The molecule has 2 N–H and O–H groups in total. The molecule has 0 bridgehead atoms. The number of ether oxygens (including phenoxy) is 1. The fourth-order valence-electron chi connectivity index (χ4n) is 1.45. The topological polar surface area (TPSA) is 75.6 Å². The van der Waals surface area contributed by atoms with E-state index in [4.69, 9.17) is 9.84 Å². The number of aryl methyl sites for hydroxylation is 1. The first-order valence-corrected chi connectivity index (χ1v) is 5.61. The van der Waals surface area contributed by atoms with Crippen molar-refractivity contribution in [3.05, 3.63) is 29.3 Å². The van der Waals surface area contributed by atoms with Crippen LogP contribution in [0.1, 0.15) is 22.8 Å². The lowest BCUT2D eigenvalue weighted by Gasteiger charge is -2.11. The van der Waals surface area contributed by atoms with E-state index < -0.39 is 11.9 Å². The molecule has 5 heteroatoms. The second kappa shape index (κ2) is 6.05. The first-order valence-electron chi connectivity index (χ1n) is 5.61. The number of nitrogens with one attached hydrogen (secondary N) is 1. The molecular weight excluding hydrogens is 234 g/mol. The number of carboxylic acids is 1. The summed E-state index contributed by atoms with van der Waals surface area (Å²) in [6, 6.07) is 5.12. The van der Waals surface area contributed by atoms with Crippen LogP contribution in [0.4, 0.5) is 0 Å². The van der Waals surface area contributed by atoms with Crippen LogP contribution in [0.25, 0.3) is 0 Å². The van der Waals surface area contributed by atoms with Crippen LogP contribution in [-0.4, -0.2) is 30.6 Å². The first kappa shape index (κ1) is 14.0. The van der Waals surface area contributed by atoms with Crippen molar-refractivity contribution in [2.75, 3.05) is 13.7 Å². The highest BCUT2D eigenvalue weighted by molar-refractivity contribution is 5.96. The number of aliphatic carboxylic acids is 1.